The molecule has 5 nitrogen and oxygen atoms in total. The van der Waals surface area contributed by atoms with Gasteiger partial charge in [-0.1, -0.05) is 11.6 Å². The smallest absolute Gasteiger partial charge is 0.332 e. The van der Waals surface area contributed by atoms with Crippen LogP contribution in [0.5, 0.6) is 0 Å². The normalized spacial score (nSPS) is 21.2. The topological polar surface area (TPSA) is 53.5 Å². The molecule has 2 fully saturated rings. The minimum Gasteiger partial charge on any atom is -0.332 e. The Balaban J connectivity index is 1.73. The Kier molecular flexibility index (Phi) is 5.91. The van der Waals surface area contributed by atoms with Gasteiger partial charge in [-0.15, -0.1) is 0 Å². The molecule has 1 saturated carbocycles. The Bertz CT molecular complexity index is 1110. The molecule has 1 unspecified atom stereocenters. The highest BCUT2D eigenvalue weighted by Gasteiger charge is 2.44. The summed E-state index contributed by atoms with van der Waals surface area (Å²) in [6.07, 6.45) is -3.50. The maximum Gasteiger partial charge on any atom is 0.416 e. The number of pyridine rings is 1. The first-order valence-electron chi connectivity index (χ1n) is 9.61. The molecule has 2 heterocycles. The molecule has 1 saturated heterocycles. The Morgan fingerprint density at radius 1 is 1.19 bits per heavy atom. The Morgan fingerprint density at radius 3 is 2.50 bits per heavy atom. The van der Waals surface area contributed by atoms with E-state index in [4.69, 9.17) is 11.6 Å². The summed E-state index contributed by atoms with van der Waals surface area (Å²) in [5.74, 6) is -3.13. The summed E-state index contributed by atoms with van der Waals surface area (Å²) >= 11 is 5.79. The number of anilines is 2. The van der Waals surface area contributed by atoms with Crippen molar-refractivity contribution in [3.8, 4) is 0 Å². The van der Waals surface area contributed by atoms with E-state index in [1.54, 1.807) is 0 Å². The lowest BCUT2D eigenvalue weighted by Crippen LogP contribution is -2.49. The van der Waals surface area contributed by atoms with E-state index in [9.17, 15) is 31.0 Å². The average Bonchev–Trinajstić information content (AvgIpc) is 3.45. The zero-order valence-electron chi connectivity index (χ0n) is 16.6. The van der Waals surface area contributed by atoms with Gasteiger partial charge in [0.05, 0.1) is 27.9 Å². The standard InChI is InChI=1S/C20H17ClF5N3O2S/c1-10-4-11(20(24,25)26)5-18(27-10)28-9-32(31)8-17(28)19(30)29(12-2-3-12)16-6-13(21)14(22)7-15(16)23/h4-7,12,17H,2-3,8-9H2,1H3/t17-,32?/m1/s1. The van der Waals surface area contributed by atoms with Gasteiger partial charge in [0.2, 0.25) is 0 Å². The molecule has 0 N–H and O–H groups in total. The van der Waals surface area contributed by atoms with E-state index in [-0.39, 0.29) is 39.9 Å². The van der Waals surface area contributed by atoms with Crippen molar-refractivity contribution in [2.45, 2.75) is 38.0 Å². The van der Waals surface area contributed by atoms with Crippen molar-refractivity contribution in [2.24, 2.45) is 0 Å². The number of rotatable bonds is 4. The van der Waals surface area contributed by atoms with Gasteiger partial charge in [-0.3, -0.25) is 9.00 Å². The van der Waals surface area contributed by atoms with E-state index in [1.807, 2.05) is 0 Å². The number of aromatic nitrogens is 1. The molecule has 2 aliphatic rings. The minimum absolute atomic E-state index is 0.0779. The van der Waals surface area contributed by atoms with Crippen LogP contribution in [0, 0.1) is 18.6 Å². The molecule has 172 valence electrons. The van der Waals surface area contributed by atoms with E-state index >= 15 is 0 Å². The first-order valence-corrected chi connectivity index (χ1v) is 11.5. The molecule has 12 heteroatoms. The van der Waals surface area contributed by atoms with E-state index in [0.29, 0.717) is 18.9 Å². The number of nitrogens with zero attached hydrogens (tertiary/aromatic N) is 3. The number of carbonyl (C=O) groups is 1. The summed E-state index contributed by atoms with van der Waals surface area (Å²) in [6, 6.07) is 1.75. The van der Waals surface area contributed by atoms with Crippen molar-refractivity contribution in [1.29, 1.82) is 0 Å². The molecule has 1 aliphatic carbocycles. The Morgan fingerprint density at radius 2 is 1.88 bits per heavy atom. The summed E-state index contributed by atoms with van der Waals surface area (Å²) < 4.78 is 80.3. The number of alkyl halides is 3. The third kappa shape index (κ3) is 4.45. The third-order valence-electron chi connectivity index (χ3n) is 5.25. The van der Waals surface area contributed by atoms with Gasteiger partial charge >= 0.3 is 6.18 Å². The third-order valence-corrected chi connectivity index (χ3v) is 6.79. The van der Waals surface area contributed by atoms with Crippen LogP contribution in [0.25, 0.3) is 0 Å². The van der Waals surface area contributed by atoms with Crippen LogP contribution in [0.1, 0.15) is 24.1 Å². The van der Waals surface area contributed by atoms with Crippen LogP contribution in [-0.2, 0) is 21.8 Å². The quantitative estimate of drug-likeness (QED) is 0.467. The summed E-state index contributed by atoms with van der Waals surface area (Å²) in [7, 11) is -1.54. The van der Waals surface area contributed by atoms with Crippen molar-refractivity contribution >= 4 is 39.8 Å². The molecule has 1 aromatic carbocycles. The molecule has 2 atom stereocenters. The van der Waals surface area contributed by atoms with E-state index in [0.717, 1.165) is 23.1 Å². The molecule has 1 amide bonds. The molecule has 0 spiro atoms. The highest BCUT2D eigenvalue weighted by atomic mass is 35.5. The maximum absolute atomic E-state index is 14.5. The van der Waals surface area contributed by atoms with Crippen LogP contribution in [-0.4, -0.2) is 38.8 Å². The van der Waals surface area contributed by atoms with Crippen molar-refractivity contribution in [3.05, 3.63) is 52.2 Å². The molecule has 0 bridgehead atoms. The second-order valence-corrected chi connectivity index (χ2v) is 9.61. The van der Waals surface area contributed by atoms with Gasteiger partial charge in [0.25, 0.3) is 5.91 Å². The Hall–Kier alpha value is -2.27. The zero-order chi connectivity index (χ0) is 23.4. The van der Waals surface area contributed by atoms with Gasteiger partial charge in [0, 0.05) is 28.6 Å². The molecule has 1 aliphatic heterocycles. The molecular formula is C20H17ClF5N3O2S. The fraction of sp³-hybridized carbons (Fsp3) is 0.400. The lowest BCUT2D eigenvalue weighted by atomic mass is 10.1. The van der Waals surface area contributed by atoms with Gasteiger partial charge in [-0.25, -0.2) is 13.8 Å². The van der Waals surface area contributed by atoms with Gasteiger partial charge in [0.1, 0.15) is 23.5 Å². The fourth-order valence-electron chi connectivity index (χ4n) is 3.64. The van der Waals surface area contributed by atoms with Crippen molar-refractivity contribution in [1.82, 2.24) is 4.98 Å². The number of hydrogen-bond donors (Lipinski definition) is 0. The number of amides is 1. The fourth-order valence-corrected chi connectivity index (χ4v) is 5.20. The predicted octanol–water partition coefficient (Wildman–Crippen LogP) is 4.43. The SMILES string of the molecule is Cc1cc(C(F)(F)F)cc(N2CS(=O)C[C@@H]2C(=O)N(c2cc(Cl)c(F)cc2F)C2CC2)n1. The molecule has 0 radical (unpaired) electrons. The molecule has 1 aromatic heterocycles. The maximum atomic E-state index is 14.5. The van der Waals surface area contributed by atoms with E-state index < -0.39 is 46.1 Å². The monoisotopic (exact) mass is 493 g/mol. The van der Waals surface area contributed by atoms with Gasteiger partial charge in [-0.05, 0) is 38.0 Å². The highest BCUT2D eigenvalue weighted by Crippen LogP contribution is 2.38. The number of hydrogen-bond acceptors (Lipinski definition) is 4. The highest BCUT2D eigenvalue weighted by molar-refractivity contribution is 7.85. The summed E-state index contributed by atoms with van der Waals surface area (Å²) in [5, 5.41) is -0.373. The lowest BCUT2D eigenvalue weighted by Gasteiger charge is -2.31. The van der Waals surface area contributed by atoms with Crippen molar-refractivity contribution < 1.29 is 31.0 Å². The van der Waals surface area contributed by atoms with Gasteiger partial charge in [-0.2, -0.15) is 13.2 Å². The van der Waals surface area contributed by atoms with Gasteiger partial charge < -0.3 is 9.80 Å². The lowest BCUT2D eigenvalue weighted by molar-refractivity contribution is -0.137. The first-order chi connectivity index (χ1) is 15.0. The summed E-state index contributed by atoms with van der Waals surface area (Å²) in [4.78, 5) is 20.0. The average molecular weight is 494 g/mol. The zero-order valence-corrected chi connectivity index (χ0v) is 18.2. The van der Waals surface area contributed by atoms with Gasteiger partial charge in [0.15, 0.2) is 0 Å². The van der Waals surface area contributed by atoms with Crippen LogP contribution >= 0.6 is 11.6 Å². The molecule has 4 rings (SSSR count). The van der Waals surface area contributed by atoms with E-state index in [1.165, 1.54) is 11.8 Å². The molecular weight excluding hydrogens is 477 g/mol. The minimum atomic E-state index is -4.63. The van der Waals surface area contributed by atoms with Crippen molar-refractivity contribution in [3.63, 3.8) is 0 Å². The number of aryl methyl sites for hydroxylation is 1. The summed E-state index contributed by atoms with van der Waals surface area (Å²) in [6.45, 7) is 1.38. The molecule has 32 heavy (non-hydrogen) atoms. The number of benzene rings is 1. The van der Waals surface area contributed by atoms with Crippen LogP contribution in [0.4, 0.5) is 33.5 Å². The first kappa shape index (κ1) is 22.9. The van der Waals surface area contributed by atoms with E-state index in [2.05, 4.69) is 4.98 Å². The van der Waals surface area contributed by atoms with Crippen LogP contribution in [0.2, 0.25) is 5.02 Å². The number of halogens is 6. The van der Waals surface area contributed by atoms with Crippen molar-refractivity contribution in [2.75, 3.05) is 21.4 Å². The number of carbonyl (C=O) groups excluding carboxylic acids is 1. The van der Waals surface area contributed by atoms with Crippen LogP contribution in [0.3, 0.4) is 0 Å². The second-order valence-electron chi connectivity index (χ2n) is 7.73. The summed E-state index contributed by atoms with van der Waals surface area (Å²) in [5.41, 5.74) is -1.09. The van der Waals surface area contributed by atoms with Crippen LogP contribution in [0.15, 0.2) is 24.3 Å². The Labute approximate surface area is 187 Å². The molecule has 2 aromatic rings. The largest absolute Gasteiger partial charge is 0.416 e. The second kappa shape index (κ2) is 8.26. The predicted molar refractivity (Wildman–Crippen MR) is 110 cm³/mol. The van der Waals surface area contributed by atoms with Crippen LogP contribution < -0.4 is 9.80 Å².